The lowest BCUT2D eigenvalue weighted by molar-refractivity contribution is -0.384. The Labute approximate surface area is 161 Å². The number of benzene rings is 2. The largest absolute Gasteiger partial charge is 0.489 e. The number of hydrogen-bond acceptors (Lipinski definition) is 6. The first-order chi connectivity index (χ1) is 13.5. The van der Waals surface area contributed by atoms with Crippen molar-refractivity contribution in [2.45, 2.75) is 13.5 Å². The molecule has 0 bridgehead atoms. The molecular weight excluding hydrogens is 364 g/mol. The number of amides is 1. The van der Waals surface area contributed by atoms with Crippen LogP contribution in [0, 0.1) is 10.1 Å². The average Bonchev–Trinajstić information content (AvgIpc) is 2.70. The van der Waals surface area contributed by atoms with Crippen molar-refractivity contribution in [2.75, 3.05) is 13.2 Å². The second kappa shape index (κ2) is 10.5. The fourth-order valence-electron chi connectivity index (χ4n) is 2.20. The van der Waals surface area contributed by atoms with Gasteiger partial charge in [-0.15, -0.1) is 0 Å². The van der Waals surface area contributed by atoms with Gasteiger partial charge in [0.05, 0.1) is 11.5 Å². The van der Waals surface area contributed by atoms with Crippen LogP contribution in [0.4, 0.5) is 5.69 Å². The highest BCUT2D eigenvalue weighted by atomic mass is 16.6. The first-order valence-electron chi connectivity index (χ1n) is 8.55. The molecule has 0 heterocycles. The third-order valence-corrected chi connectivity index (χ3v) is 3.55. The summed E-state index contributed by atoms with van der Waals surface area (Å²) in [5.41, 5.74) is 1.48. The van der Waals surface area contributed by atoms with E-state index in [0.717, 1.165) is 5.56 Å². The molecule has 0 fully saturated rings. The molecule has 1 N–H and O–H groups in total. The van der Waals surface area contributed by atoms with Crippen molar-refractivity contribution in [2.24, 2.45) is 0 Å². The van der Waals surface area contributed by atoms with Gasteiger partial charge in [-0.2, -0.15) is 0 Å². The minimum absolute atomic E-state index is 0.0165. The summed E-state index contributed by atoms with van der Waals surface area (Å²) in [5.74, 6) is -0.302. The second-order valence-corrected chi connectivity index (χ2v) is 5.64. The average molecular weight is 384 g/mol. The molecule has 1 amide bonds. The highest BCUT2D eigenvalue weighted by Crippen LogP contribution is 2.17. The van der Waals surface area contributed by atoms with Gasteiger partial charge in [-0.3, -0.25) is 19.7 Å². The van der Waals surface area contributed by atoms with Gasteiger partial charge < -0.3 is 14.8 Å². The predicted molar refractivity (Wildman–Crippen MR) is 103 cm³/mol. The summed E-state index contributed by atoms with van der Waals surface area (Å²) >= 11 is 0. The van der Waals surface area contributed by atoms with E-state index in [1.54, 1.807) is 49.4 Å². The third-order valence-electron chi connectivity index (χ3n) is 3.55. The van der Waals surface area contributed by atoms with E-state index in [1.165, 1.54) is 18.2 Å². The van der Waals surface area contributed by atoms with Crippen molar-refractivity contribution < 1.29 is 24.0 Å². The SMILES string of the molecule is CCOC(=O)CNC(=O)/C=C/c1ccc(OCc2cccc([N+](=O)[O-])c2)cc1. The van der Waals surface area contributed by atoms with Crippen LogP contribution in [-0.2, 0) is 20.9 Å². The topological polar surface area (TPSA) is 108 Å². The molecule has 8 nitrogen and oxygen atoms in total. The number of rotatable bonds is 9. The minimum atomic E-state index is -0.491. The quantitative estimate of drug-likeness (QED) is 0.308. The number of carbonyl (C=O) groups excluding carboxylic acids is 2. The van der Waals surface area contributed by atoms with Gasteiger partial charge in [-0.05, 0) is 36.3 Å². The number of ether oxygens (including phenoxy) is 2. The van der Waals surface area contributed by atoms with Crippen LogP contribution in [0.3, 0.4) is 0 Å². The third kappa shape index (κ3) is 6.91. The number of esters is 1. The second-order valence-electron chi connectivity index (χ2n) is 5.64. The summed E-state index contributed by atoms with van der Waals surface area (Å²) < 4.78 is 10.3. The van der Waals surface area contributed by atoms with Gasteiger partial charge >= 0.3 is 5.97 Å². The summed E-state index contributed by atoms with van der Waals surface area (Å²) in [6, 6.07) is 13.2. The monoisotopic (exact) mass is 384 g/mol. The predicted octanol–water partition coefficient (Wildman–Crippen LogP) is 2.87. The summed E-state index contributed by atoms with van der Waals surface area (Å²) in [4.78, 5) is 33.1. The molecule has 0 aliphatic rings. The Kier molecular flexibility index (Phi) is 7.71. The van der Waals surface area contributed by atoms with Gasteiger partial charge in [0, 0.05) is 18.2 Å². The Morgan fingerprint density at radius 1 is 1.18 bits per heavy atom. The number of nitrogens with one attached hydrogen (secondary N) is 1. The van der Waals surface area contributed by atoms with E-state index in [-0.39, 0.29) is 25.4 Å². The lowest BCUT2D eigenvalue weighted by Crippen LogP contribution is -2.29. The van der Waals surface area contributed by atoms with Crippen molar-refractivity contribution in [1.29, 1.82) is 0 Å². The van der Waals surface area contributed by atoms with E-state index in [1.807, 2.05) is 0 Å². The Morgan fingerprint density at radius 3 is 2.61 bits per heavy atom. The van der Waals surface area contributed by atoms with Crippen LogP contribution in [0.1, 0.15) is 18.1 Å². The molecule has 0 aliphatic heterocycles. The molecule has 2 rings (SSSR count). The van der Waals surface area contributed by atoms with Crippen molar-refractivity contribution in [3.63, 3.8) is 0 Å². The van der Waals surface area contributed by atoms with E-state index < -0.39 is 16.8 Å². The fourth-order valence-corrected chi connectivity index (χ4v) is 2.20. The molecule has 0 aliphatic carbocycles. The van der Waals surface area contributed by atoms with Crippen LogP contribution in [0.15, 0.2) is 54.6 Å². The Bertz CT molecular complexity index is 861. The molecule has 0 saturated heterocycles. The van der Waals surface area contributed by atoms with Crippen molar-refractivity contribution in [1.82, 2.24) is 5.32 Å². The van der Waals surface area contributed by atoms with Gasteiger partial charge in [0.1, 0.15) is 18.9 Å². The molecule has 28 heavy (non-hydrogen) atoms. The number of carbonyl (C=O) groups is 2. The maximum absolute atomic E-state index is 11.6. The van der Waals surface area contributed by atoms with Gasteiger partial charge in [-0.25, -0.2) is 0 Å². The van der Waals surface area contributed by atoms with Gasteiger partial charge in [0.2, 0.25) is 5.91 Å². The number of hydrogen-bond donors (Lipinski definition) is 1. The fraction of sp³-hybridized carbons (Fsp3) is 0.200. The lowest BCUT2D eigenvalue weighted by Gasteiger charge is -2.06. The van der Waals surface area contributed by atoms with Gasteiger partial charge in [0.15, 0.2) is 0 Å². The molecule has 0 atom stereocenters. The zero-order valence-electron chi connectivity index (χ0n) is 15.3. The van der Waals surface area contributed by atoms with Crippen molar-refractivity contribution >= 4 is 23.6 Å². The van der Waals surface area contributed by atoms with Crippen LogP contribution in [0.2, 0.25) is 0 Å². The molecule has 0 spiro atoms. The lowest BCUT2D eigenvalue weighted by atomic mass is 10.2. The molecule has 0 aromatic heterocycles. The molecule has 8 heteroatoms. The maximum Gasteiger partial charge on any atom is 0.325 e. The van der Waals surface area contributed by atoms with E-state index in [9.17, 15) is 19.7 Å². The minimum Gasteiger partial charge on any atom is -0.489 e. The van der Waals surface area contributed by atoms with Crippen molar-refractivity contribution in [3.05, 3.63) is 75.8 Å². The summed E-state index contributed by atoms with van der Waals surface area (Å²) in [6.07, 6.45) is 2.92. The van der Waals surface area contributed by atoms with E-state index in [2.05, 4.69) is 5.32 Å². The first-order valence-corrected chi connectivity index (χ1v) is 8.55. The summed E-state index contributed by atoms with van der Waals surface area (Å²) in [7, 11) is 0. The first kappa shape index (κ1) is 20.6. The van der Waals surface area contributed by atoms with Crippen LogP contribution in [0.5, 0.6) is 5.75 Å². The standard InChI is InChI=1S/C20H20N2O6/c1-2-27-20(24)13-21-19(23)11-8-15-6-9-18(10-7-15)28-14-16-4-3-5-17(12-16)22(25)26/h3-12H,2,13-14H2,1H3,(H,21,23)/b11-8+. The molecule has 2 aromatic carbocycles. The van der Waals surface area contributed by atoms with Gasteiger partial charge in [-0.1, -0.05) is 24.3 Å². The molecule has 0 saturated carbocycles. The summed E-state index contributed by atoms with van der Waals surface area (Å²) in [5, 5.41) is 13.2. The van der Waals surface area contributed by atoms with Crippen LogP contribution >= 0.6 is 0 Å². The van der Waals surface area contributed by atoms with Crippen LogP contribution < -0.4 is 10.1 Å². The van der Waals surface area contributed by atoms with E-state index >= 15 is 0 Å². The smallest absolute Gasteiger partial charge is 0.325 e. The molecular formula is C20H20N2O6. The summed E-state index contributed by atoms with van der Waals surface area (Å²) in [6.45, 7) is 1.98. The van der Waals surface area contributed by atoms with E-state index in [4.69, 9.17) is 9.47 Å². The molecule has 0 radical (unpaired) electrons. The van der Waals surface area contributed by atoms with Crippen LogP contribution in [0.25, 0.3) is 6.08 Å². The normalized spacial score (nSPS) is 10.5. The number of non-ortho nitro benzene ring substituents is 1. The van der Waals surface area contributed by atoms with Crippen LogP contribution in [-0.4, -0.2) is 30.0 Å². The zero-order chi connectivity index (χ0) is 20.4. The molecule has 146 valence electrons. The Balaban J connectivity index is 1.84. The van der Waals surface area contributed by atoms with Crippen molar-refractivity contribution in [3.8, 4) is 5.75 Å². The van der Waals surface area contributed by atoms with E-state index in [0.29, 0.717) is 11.3 Å². The Morgan fingerprint density at radius 2 is 1.93 bits per heavy atom. The number of nitrogens with zero attached hydrogens (tertiary/aromatic N) is 1. The maximum atomic E-state index is 11.6. The molecule has 0 unspecified atom stereocenters. The zero-order valence-corrected chi connectivity index (χ0v) is 15.3. The Hall–Kier alpha value is -3.68. The number of nitro benzene ring substituents is 1. The van der Waals surface area contributed by atoms with Gasteiger partial charge in [0.25, 0.3) is 5.69 Å². The highest BCUT2D eigenvalue weighted by Gasteiger charge is 2.06. The number of nitro groups is 1. The highest BCUT2D eigenvalue weighted by molar-refractivity contribution is 5.93. The molecule has 2 aromatic rings.